The van der Waals surface area contributed by atoms with Crippen LogP contribution in [0.15, 0.2) is 53.4 Å². The summed E-state index contributed by atoms with van der Waals surface area (Å²) in [6, 6.07) is 13.4. The molecule has 0 saturated carbocycles. The molecule has 0 spiro atoms. The third-order valence-electron chi connectivity index (χ3n) is 4.74. The number of sulfonamides is 1. The maximum Gasteiger partial charge on any atom is 0.264 e. The van der Waals surface area contributed by atoms with E-state index < -0.39 is 15.9 Å². The van der Waals surface area contributed by atoms with E-state index in [0.29, 0.717) is 25.7 Å². The van der Waals surface area contributed by atoms with Crippen molar-refractivity contribution in [2.45, 2.75) is 24.8 Å². The van der Waals surface area contributed by atoms with Crippen molar-refractivity contribution >= 4 is 32.9 Å². The maximum atomic E-state index is 12.9. The van der Waals surface area contributed by atoms with Gasteiger partial charge in [-0.1, -0.05) is 22.7 Å². The number of aromatic nitrogens is 2. The van der Waals surface area contributed by atoms with Crippen LogP contribution in [0.4, 0.5) is 5.95 Å². The highest BCUT2D eigenvalue weighted by Gasteiger charge is 2.22. The molecule has 0 aliphatic heterocycles. The van der Waals surface area contributed by atoms with E-state index in [4.69, 9.17) is 9.57 Å². The van der Waals surface area contributed by atoms with E-state index in [-0.39, 0.29) is 10.5 Å². The molecule has 1 heterocycles. The van der Waals surface area contributed by atoms with Gasteiger partial charge in [0.25, 0.3) is 15.9 Å². The number of amides is 1. The summed E-state index contributed by atoms with van der Waals surface area (Å²) in [4.78, 5) is 22.2. The molecule has 2 aromatic carbocycles. The molecule has 1 aromatic heterocycles. The molecule has 0 aliphatic carbocycles. The lowest BCUT2D eigenvalue weighted by atomic mass is 10.2. The van der Waals surface area contributed by atoms with Gasteiger partial charge in [0.15, 0.2) is 0 Å². The predicted octanol–water partition coefficient (Wildman–Crippen LogP) is 2.90. The Bertz CT molecular complexity index is 1160. The number of hydroxylamine groups is 1. The molecule has 0 unspecified atom stereocenters. The highest BCUT2D eigenvalue weighted by molar-refractivity contribution is 7.89. The standard InChI is InChI=1S/C21H26N4O5S/c1-4-30-14-8-13-25-19-12-6-5-11-18(19)22-21(25)23-20(26)16-9-7-10-17(15-16)31(27,28)24(2)29-3/h5-7,9-12,15H,4,8,13-14H2,1-3H3,(H,22,23,26). The zero-order chi connectivity index (χ0) is 22.4. The number of ether oxygens (including phenoxy) is 1. The summed E-state index contributed by atoms with van der Waals surface area (Å²) in [5, 5.41) is 2.81. The van der Waals surface area contributed by atoms with Crippen LogP contribution >= 0.6 is 0 Å². The lowest BCUT2D eigenvalue weighted by Gasteiger charge is -2.15. The Morgan fingerprint density at radius 3 is 2.71 bits per heavy atom. The van der Waals surface area contributed by atoms with Crippen LogP contribution < -0.4 is 5.32 Å². The number of imidazole rings is 1. The molecule has 166 valence electrons. The Hall–Kier alpha value is -2.79. The second-order valence-electron chi connectivity index (χ2n) is 6.71. The third kappa shape index (κ3) is 5.10. The second kappa shape index (κ2) is 10.0. The first-order valence-corrected chi connectivity index (χ1v) is 11.3. The fourth-order valence-corrected chi connectivity index (χ4v) is 4.10. The van der Waals surface area contributed by atoms with E-state index in [1.54, 1.807) is 6.07 Å². The summed E-state index contributed by atoms with van der Waals surface area (Å²) >= 11 is 0. The smallest absolute Gasteiger partial charge is 0.264 e. The maximum absolute atomic E-state index is 12.9. The zero-order valence-corrected chi connectivity index (χ0v) is 18.6. The Morgan fingerprint density at radius 2 is 1.97 bits per heavy atom. The van der Waals surface area contributed by atoms with E-state index in [2.05, 4.69) is 10.3 Å². The minimum absolute atomic E-state index is 0.0466. The Kier molecular flexibility index (Phi) is 7.39. The summed E-state index contributed by atoms with van der Waals surface area (Å²) in [7, 11) is -1.33. The van der Waals surface area contributed by atoms with Crippen LogP contribution in [0.3, 0.4) is 0 Å². The monoisotopic (exact) mass is 446 g/mol. The van der Waals surface area contributed by atoms with E-state index in [1.807, 2.05) is 35.8 Å². The molecule has 0 bridgehead atoms. The molecule has 9 nitrogen and oxygen atoms in total. The molecule has 0 radical (unpaired) electrons. The predicted molar refractivity (Wildman–Crippen MR) is 117 cm³/mol. The number of nitrogens with one attached hydrogen (secondary N) is 1. The molecular formula is C21H26N4O5S. The molecular weight excluding hydrogens is 420 g/mol. The van der Waals surface area contributed by atoms with Crippen LogP contribution in [0.5, 0.6) is 0 Å². The molecule has 0 atom stereocenters. The van der Waals surface area contributed by atoms with Gasteiger partial charge in [-0.3, -0.25) is 14.9 Å². The highest BCUT2D eigenvalue weighted by atomic mass is 32.2. The molecule has 10 heteroatoms. The van der Waals surface area contributed by atoms with Crippen molar-refractivity contribution in [3.05, 3.63) is 54.1 Å². The minimum atomic E-state index is -3.87. The van der Waals surface area contributed by atoms with Gasteiger partial charge in [-0.05, 0) is 43.7 Å². The lowest BCUT2D eigenvalue weighted by Crippen LogP contribution is -2.26. The number of para-hydroxylation sites is 2. The van der Waals surface area contributed by atoms with E-state index >= 15 is 0 Å². The van der Waals surface area contributed by atoms with Gasteiger partial charge in [-0.2, -0.15) is 0 Å². The van der Waals surface area contributed by atoms with E-state index in [1.165, 1.54) is 32.4 Å². The molecule has 31 heavy (non-hydrogen) atoms. The number of rotatable bonds is 10. The van der Waals surface area contributed by atoms with Crippen LogP contribution in [0.1, 0.15) is 23.7 Å². The summed E-state index contributed by atoms with van der Waals surface area (Å²) in [5.74, 6) is -0.0662. The van der Waals surface area contributed by atoms with E-state index in [9.17, 15) is 13.2 Å². The normalized spacial score (nSPS) is 11.9. The molecule has 3 rings (SSSR count). The van der Waals surface area contributed by atoms with Gasteiger partial charge in [0.1, 0.15) is 0 Å². The van der Waals surface area contributed by atoms with Crippen molar-refractivity contribution in [2.24, 2.45) is 0 Å². The van der Waals surface area contributed by atoms with Crippen molar-refractivity contribution in [3.8, 4) is 0 Å². The van der Waals surface area contributed by atoms with Crippen molar-refractivity contribution in [2.75, 3.05) is 32.7 Å². The van der Waals surface area contributed by atoms with Crippen LogP contribution in [0, 0.1) is 0 Å². The number of aryl methyl sites for hydroxylation is 1. The van der Waals surface area contributed by atoms with Crippen LogP contribution in [-0.4, -0.2) is 55.7 Å². The van der Waals surface area contributed by atoms with Gasteiger partial charge < -0.3 is 9.30 Å². The van der Waals surface area contributed by atoms with Crippen LogP contribution in [0.25, 0.3) is 11.0 Å². The Morgan fingerprint density at radius 1 is 1.19 bits per heavy atom. The van der Waals surface area contributed by atoms with Crippen LogP contribution in [-0.2, 0) is 26.1 Å². The molecule has 0 aliphatic rings. The van der Waals surface area contributed by atoms with Crippen molar-refractivity contribution in [3.63, 3.8) is 0 Å². The van der Waals surface area contributed by atoms with Gasteiger partial charge in [0.05, 0.1) is 23.0 Å². The zero-order valence-electron chi connectivity index (χ0n) is 17.7. The topological polar surface area (TPSA) is 103 Å². The summed E-state index contributed by atoms with van der Waals surface area (Å²) in [6.45, 7) is 3.80. The number of hydrogen-bond acceptors (Lipinski definition) is 6. The Balaban J connectivity index is 1.87. The number of carbonyl (C=O) groups excluding carboxylic acids is 1. The fraction of sp³-hybridized carbons (Fsp3) is 0.333. The molecule has 1 amide bonds. The van der Waals surface area contributed by atoms with Crippen LogP contribution in [0.2, 0.25) is 0 Å². The van der Waals surface area contributed by atoms with Crippen molar-refractivity contribution < 1.29 is 22.8 Å². The summed E-state index contributed by atoms with van der Waals surface area (Å²) in [5.41, 5.74) is 1.85. The first-order chi connectivity index (χ1) is 14.9. The molecule has 0 fully saturated rings. The lowest BCUT2D eigenvalue weighted by molar-refractivity contribution is -0.0258. The highest BCUT2D eigenvalue weighted by Crippen LogP contribution is 2.22. The minimum Gasteiger partial charge on any atom is -0.382 e. The van der Waals surface area contributed by atoms with Gasteiger partial charge in [-0.25, -0.2) is 13.4 Å². The van der Waals surface area contributed by atoms with Gasteiger partial charge in [0, 0.05) is 32.4 Å². The van der Waals surface area contributed by atoms with Crippen molar-refractivity contribution in [1.82, 2.24) is 14.0 Å². The van der Waals surface area contributed by atoms with Gasteiger partial charge >= 0.3 is 0 Å². The molecule has 0 saturated heterocycles. The number of hydrogen-bond donors (Lipinski definition) is 1. The molecule has 1 N–H and O–H groups in total. The first-order valence-electron chi connectivity index (χ1n) is 9.86. The number of nitrogens with zero attached hydrogens (tertiary/aromatic N) is 3. The largest absolute Gasteiger partial charge is 0.382 e. The van der Waals surface area contributed by atoms with E-state index in [0.717, 1.165) is 21.9 Å². The quantitative estimate of drug-likeness (QED) is 0.379. The fourth-order valence-electron chi connectivity index (χ4n) is 3.08. The summed E-state index contributed by atoms with van der Waals surface area (Å²) in [6.07, 6.45) is 0.758. The third-order valence-corrected chi connectivity index (χ3v) is 6.42. The number of carbonyl (C=O) groups is 1. The number of fused-ring (bicyclic) bond motifs is 1. The van der Waals surface area contributed by atoms with Gasteiger partial charge in [-0.15, -0.1) is 0 Å². The first kappa shape index (κ1) is 22.9. The van der Waals surface area contributed by atoms with Gasteiger partial charge in [0.2, 0.25) is 5.95 Å². The Labute approximate surface area is 181 Å². The average molecular weight is 447 g/mol. The summed E-state index contributed by atoms with van der Waals surface area (Å²) < 4.78 is 33.0. The number of benzene rings is 2. The molecule has 3 aromatic rings. The average Bonchev–Trinajstić information content (AvgIpc) is 3.13. The van der Waals surface area contributed by atoms with Crippen molar-refractivity contribution in [1.29, 1.82) is 0 Å². The second-order valence-corrected chi connectivity index (χ2v) is 8.64. The SMILES string of the molecule is CCOCCCn1c(NC(=O)c2cccc(S(=O)(=O)N(C)OC)c2)nc2ccccc21. The number of anilines is 1.